The number of alkyl halides is 3. The molecule has 5 nitrogen and oxygen atoms in total. The van der Waals surface area contributed by atoms with Gasteiger partial charge >= 0.3 is 6.18 Å². The number of hydrogen-bond acceptors (Lipinski definition) is 4. The number of rotatable bonds is 7. The quantitative estimate of drug-likeness (QED) is 0.215. The first-order valence-electron chi connectivity index (χ1n) is 12.4. The van der Waals surface area contributed by atoms with Crippen LogP contribution in [0.15, 0.2) is 91.6 Å². The molecule has 39 heavy (non-hydrogen) atoms. The Bertz CT molecular complexity index is 1640. The summed E-state index contributed by atoms with van der Waals surface area (Å²) in [6.45, 7) is 3.81. The van der Waals surface area contributed by atoms with Crippen LogP contribution in [0, 0.1) is 13.8 Å². The summed E-state index contributed by atoms with van der Waals surface area (Å²) in [6.07, 6.45) is 4.37. The van der Waals surface area contributed by atoms with E-state index in [4.69, 9.17) is 0 Å². The predicted molar refractivity (Wildman–Crippen MR) is 143 cm³/mol. The molecule has 0 bridgehead atoms. The van der Waals surface area contributed by atoms with Crippen molar-refractivity contribution in [2.45, 2.75) is 32.9 Å². The van der Waals surface area contributed by atoms with Crippen molar-refractivity contribution in [2.24, 2.45) is 0 Å². The molecule has 0 amide bonds. The molecule has 0 atom stereocenters. The van der Waals surface area contributed by atoms with Crippen LogP contribution in [0.1, 0.15) is 44.0 Å². The summed E-state index contributed by atoms with van der Waals surface area (Å²) in [5.41, 5.74) is 4.65. The van der Waals surface area contributed by atoms with Crippen LogP contribution in [0.4, 0.5) is 13.2 Å². The first kappa shape index (κ1) is 26.0. The van der Waals surface area contributed by atoms with E-state index in [9.17, 15) is 18.0 Å². The van der Waals surface area contributed by atoms with E-state index in [1.807, 2.05) is 50.2 Å². The SMILES string of the molecule is Cc1ccn(-c2cc(C(=O)Cc3ccc(C)c(Cc4nccc(-c5cccnc5)n4)c3)cc(C(F)(F)F)c2)c1. The van der Waals surface area contributed by atoms with Gasteiger partial charge < -0.3 is 4.57 Å². The summed E-state index contributed by atoms with van der Waals surface area (Å²) in [5, 5.41) is 0. The molecule has 5 rings (SSSR count). The maximum atomic E-state index is 13.7. The monoisotopic (exact) mass is 526 g/mol. The number of carbonyl (C=O) groups excluding carboxylic acids is 1. The summed E-state index contributed by atoms with van der Waals surface area (Å²) < 4.78 is 42.6. The molecule has 0 radical (unpaired) electrons. The lowest BCUT2D eigenvalue weighted by Gasteiger charge is -2.13. The topological polar surface area (TPSA) is 60.7 Å². The first-order valence-corrected chi connectivity index (χ1v) is 12.4. The average molecular weight is 527 g/mol. The van der Waals surface area contributed by atoms with Gasteiger partial charge in [-0.3, -0.25) is 9.78 Å². The Morgan fingerprint density at radius 1 is 0.974 bits per heavy atom. The summed E-state index contributed by atoms with van der Waals surface area (Å²) in [5.74, 6) is 0.225. The van der Waals surface area contributed by atoms with Crippen LogP contribution >= 0.6 is 0 Å². The fraction of sp³-hybridized carbons (Fsp3) is 0.161. The number of aromatic nitrogens is 4. The second-order valence-electron chi connectivity index (χ2n) is 9.50. The van der Waals surface area contributed by atoms with Crippen molar-refractivity contribution in [3.8, 4) is 16.9 Å². The van der Waals surface area contributed by atoms with Crippen molar-refractivity contribution >= 4 is 5.78 Å². The van der Waals surface area contributed by atoms with Gasteiger partial charge in [0.2, 0.25) is 0 Å². The molecule has 0 fully saturated rings. The Balaban J connectivity index is 1.40. The van der Waals surface area contributed by atoms with Crippen LogP contribution in [-0.4, -0.2) is 25.3 Å². The second-order valence-corrected chi connectivity index (χ2v) is 9.50. The number of carbonyl (C=O) groups is 1. The Morgan fingerprint density at radius 3 is 2.54 bits per heavy atom. The van der Waals surface area contributed by atoms with E-state index in [1.54, 1.807) is 41.6 Å². The van der Waals surface area contributed by atoms with Gasteiger partial charge in [-0.2, -0.15) is 13.2 Å². The highest BCUT2D eigenvalue weighted by molar-refractivity contribution is 5.98. The normalized spacial score (nSPS) is 11.5. The van der Waals surface area contributed by atoms with Crippen molar-refractivity contribution in [1.82, 2.24) is 19.5 Å². The number of ketones is 1. The molecule has 3 heterocycles. The van der Waals surface area contributed by atoms with Gasteiger partial charge in [0, 0.05) is 60.6 Å². The molecule has 8 heteroatoms. The average Bonchev–Trinajstić information content (AvgIpc) is 3.37. The molecule has 0 spiro atoms. The lowest BCUT2D eigenvalue weighted by molar-refractivity contribution is -0.137. The number of hydrogen-bond donors (Lipinski definition) is 0. The molecule has 0 unspecified atom stereocenters. The highest BCUT2D eigenvalue weighted by atomic mass is 19.4. The minimum atomic E-state index is -4.57. The lowest BCUT2D eigenvalue weighted by atomic mass is 9.96. The van der Waals surface area contributed by atoms with Crippen molar-refractivity contribution in [2.75, 3.05) is 0 Å². The zero-order valence-corrected chi connectivity index (χ0v) is 21.4. The fourth-order valence-corrected chi connectivity index (χ4v) is 4.39. The lowest BCUT2D eigenvalue weighted by Crippen LogP contribution is -2.11. The third-order valence-electron chi connectivity index (χ3n) is 6.50. The van der Waals surface area contributed by atoms with Crippen molar-refractivity contribution < 1.29 is 18.0 Å². The van der Waals surface area contributed by atoms with Crippen molar-refractivity contribution in [1.29, 1.82) is 0 Å². The Morgan fingerprint density at radius 2 is 1.82 bits per heavy atom. The largest absolute Gasteiger partial charge is 0.416 e. The van der Waals surface area contributed by atoms with Gasteiger partial charge in [-0.25, -0.2) is 9.97 Å². The predicted octanol–water partition coefficient (Wildman–Crippen LogP) is 6.98. The van der Waals surface area contributed by atoms with Crippen molar-refractivity contribution in [3.63, 3.8) is 0 Å². The number of pyridine rings is 1. The van der Waals surface area contributed by atoms with Gasteiger partial charge in [0.15, 0.2) is 5.78 Å². The number of benzene rings is 2. The Hall–Kier alpha value is -4.59. The Kier molecular flexibility index (Phi) is 7.11. The van der Waals surface area contributed by atoms with Gasteiger partial charge in [0.25, 0.3) is 0 Å². The minimum absolute atomic E-state index is 0.0146. The summed E-state index contributed by atoms with van der Waals surface area (Å²) in [7, 11) is 0. The van der Waals surface area contributed by atoms with Crippen LogP contribution in [0.2, 0.25) is 0 Å². The molecule has 0 aliphatic rings. The van der Waals surface area contributed by atoms with Crippen LogP contribution in [0.3, 0.4) is 0 Å². The third-order valence-corrected chi connectivity index (χ3v) is 6.50. The summed E-state index contributed by atoms with van der Waals surface area (Å²) >= 11 is 0. The van der Waals surface area contributed by atoms with Crippen LogP contribution in [-0.2, 0) is 19.0 Å². The van der Waals surface area contributed by atoms with Crippen LogP contribution < -0.4 is 0 Å². The summed E-state index contributed by atoms with van der Waals surface area (Å²) in [4.78, 5) is 26.4. The highest BCUT2D eigenvalue weighted by Gasteiger charge is 2.32. The van der Waals surface area contributed by atoms with Crippen LogP contribution in [0.5, 0.6) is 0 Å². The van der Waals surface area contributed by atoms with Gasteiger partial charge in [0.05, 0.1) is 11.3 Å². The van der Waals surface area contributed by atoms with E-state index in [0.29, 0.717) is 17.8 Å². The van der Waals surface area contributed by atoms with Gasteiger partial charge in [-0.05, 0) is 78.6 Å². The molecule has 0 aliphatic heterocycles. The number of aryl methyl sites for hydroxylation is 2. The van der Waals surface area contributed by atoms with Gasteiger partial charge in [-0.1, -0.05) is 18.2 Å². The molecule has 0 saturated carbocycles. The number of Topliss-reactive ketones (excluding diaryl/α,β-unsaturated/α-hetero) is 1. The molecular weight excluding hydrogens is 501 g/mol. The highest BCUT2D eigenvalue weighted by Crippen LogP contribution is 2.32. The van der Waals surface area contributed by atoms with E-state index in [1.165, 1.54) is 6.07 Å². The molecular formula is C31H25F3N4O. The van der Waals surface area contributed by atoms with Crippen LogP contribution in [0.25, 0.3) is 16.9 Å². The van der Waals surface area contributed by atoms with Crippen molar-refractivity contribution in [3.05, 3.63) is 131 Å². The fourth-order valence-electron chi connectivity index (χ4n) is 4.39. The zero-order chi connectivity index (χ0) is 27.6. The molecule has 3 aromatic heterocycles. The molecule has 0 saturated heterocycles. The number of halogens is 3. The zero-order valence-electron chi connectivity index (χ0n) is 21.4. The molecule has 196 valence electrons. The van der Waals surface area contributed by atoms with E-state index in [2.05, 4.69) is 15.0 Å². The molecule has 5 aromatic rings. The second kappa shape index (κ2) is 10.6. The summed E-state index contributed by atoms with van der Waals surface area (Å²) in [6, 6.07) is 16.5. The maximum Gasteiger partial charge on any atom is 0.416 e. The van der Waals surface area contributed by atoms with E-state index < -0.39 is 17.5 Å². The van der Waals surface area contributed by atoms with E-state index in [-0.39, 0.29) is 17.7 Å². The third kappa shape index (κ3) is 6.12. The van der Waals surface area contributed by atoms with E-state index in [0.717, 1.165) is 40.1 Å². The standard InChI is InChI=1S/C31H25F3N4O/c1-20-8-11-38(19-20)27-15-25(14-26(17-27)31(32,33)34)29(39)13-22-6-5-21(2)24(12-22)16-30-36-10-7-28(37-30)23-4-3-9-35-18-23/h3-12,14-15,17-19H,13,16H2,1-2H3. The first-order chi connectivity index (χ1) is 18.7. The molecule has 2 aromatic carbocycles. The molecule has 0 aliphatic carbocycles. The Labute approximate surface area is 224 Å². The minimum Gasteiger partial charge on any atom is -0.324 e. The smallest absolute Gasteiger partial charge is 0.324 e. The maximum absolute atomic E-state index is 13.7. The number of nitrogens with zero attached hydrogens (tertiary/aromatic N) is 4. The van der Waals surface area contributed by atoms with Gasteiger partial charge in [-0.15, -0.1) is 0 Å². The van der Waals surface area contributed by atoms with Gasteiger partial charge in [0.1, 0.15) is 5.82 Å². The molecule has 0 N–H and O–H groups in total. The van der Waals surface area contributed by atoms with E-state index >= 15 is 0 Å².